The smallest absolute Gasteiger partial charge is 0.317 e. The summed E-state index contributed by atoms with van der Waals surface area (Å²) in [4.78, 5) is 18.1. The molecule has 1 aromatic carbocycles. The quantitative estimate of drug-likeness (QED) is 0.327. The Kier molecular flexibility index (Phi) is 5.83. The largest absolute Gasteiger partial charge is 0.493 e. The fourth-order valence-electron chi connectivity index (χ4n) is 4.08. The fraction of sp³-hybridized carbons (Fsp3) is 0.350. The van der Waals surface area contributed by atoms with E-state index in [9.17, 15) is 9.90 Å². The van der Waals surface area contributed by atoms with Gasteiger partial charge in [0, 0.05) is 22.4 Å². The summed E-state index contributed by atoms with van der Waals surface area (Å²) in [6.07, 6.45) is 3.26. The second-order valence-electron chi connectivity index (χ2n) is 8.10. The first kappa shape index (κ1) is 22.2. The van der Waals surface area contributed by atoms with Crippen LogP contribution in [0.25, 0.3) is 16.7 Å². The van der Waals surface area contributed by atoms with Gasteiger partial charge < -0.3 is 15.8 Å². The summed E-state index contributed by atoms with van der Waals surface area (Å²) in [7, 11) is 0. The number of carbonyl (C=O) groups is 1. The van der Waals surface area contributed by atoms with Crippen molar-refractivity contribution in [1.82, 2.24) is 35.2 Å². The number of azo groups is 1. The molecule has 4 aromatic rings. The molecule has 0 unspecified atom stereocenters. The van der Waals surface area contributed by atoms with Crippen LogP contribution >= 0.6 is 15.9 Å². The number of anilines is 1. The number of benzene rings is 1. The summed E-state index contributed by atoms with van der Waals surface area (Å²) in [6.45, 7) is 3.38. The minimum Gasteiger partial charge on any atom is -0.493 e. The number of amides is 1. The number of nitrogens with two attached hydrogens (primary N) is 1. The fourth-order valence-corrected chi connectivity index (χ4v) is 4.44. The number of hydrogen-bond donors (Lipinski definition) is 3. The topological polar surface area (TPSA) is 177 Å². The van der Waals surface area contributed by atoms with Crippen LogP contribution in [0.3, 0.4) is 0 Å². The molecule has 0 saturated carbocycles. The zero-order valence-electron chi connectivity index (χ0n) is 18.1. The summed E-state index contributed by atoms with van der Waals surface area (Å²) >= 11 is 3.39. The Morgan fingerprint density at radius 2 is 2.24 bits per heavy atom. The van der Waals surface area contributed by atoms with E-state index in [-0.39, 0.29) is 28.9 Å². The maximum Gasteiger partial charge on any atom is 0.317 e. The van der Waals surface area contributed by atoms with Crippen molar-refractivity contribution in [2.75, 3.05) is 12.3 Å². The van der Waals surface area contributed by atoms with Crippen molar-refractivity contribution in [1.29, 1.82) is 0 Å². The minimum atomic E-state index is -0.718. The van der Waals surface area contributed by atoms with E-state index < -0.39 is 5.91 Å². The molecule has 1 atom stereocenters. The Hall–Kier alpha value is -3.65. The lowest BCUT2D eigenvalue weighted by molar-refractivity contribution is 0.0985. The van der Waals surface area contributed by atoms with Crippen LogP contribution in [0.4, 0.5) is 11.5 Å². The van der Waals surface area contributed by atoms with Crippen LogP contribution in [0, 0.1) is 0 Å². The molecule has 4 heterocycles. The molecule has 1 aliphatic heterocycles. The number of rotatable bonds is 5. The van der Waals surface area contributed by atoms with E-state index in [1.54, 1.807) is 12.1 Å². The second-order valence-corrected chi connectivity index (χ2v) is 9.02. The number of carbonyl (C=O) groups excluding carboxylic acids is 1. The number of nitrogen functional groups attached to an aromatic ring is 1. The van der Waals surface area contributed by atoms with Crippen LogP contribution in [0.5, 0.6) is 5.88 Å². The molecule has 0 spiro atoms. The molecular formula is C20H21BrN10O3. The van der Waals surface area contributed by atoms with Crippen molar-refractivity contribution in [3.63, 3.8) is 0 Å². The van der Waals surface area contributed by atoms with E-state index in [1.165, 1.54) is 4.68 Å². The molecule has 1 fully saturated rings. The minimum absolute atomic E-state index is 0.00411. The van der Waals surface area contributed by atoms with Gasteiger partial charge in [0.2, 0.25) is 17.5 Å². The molecule has 14 heteroatoms. The van der Waals surface area contributed by atoms with E-state index in [2.05, 4.69) is 63.6 Å². The summed E-state index contributed by atoms with van der Waals surface area (Å²) in [6, 6.07) is 5.68. The van der Waals surface area contributed by atoms with Crippen LogP contribution in [0.15, 0.2) is 37.5 Å². The Morgan fingerprint density at radius 3 is 3.00 bits per heavy atom. The standard InChI is InChI=1S/C20H21BrN10O3/c1-10-4-2-3-7-30(10)9-14-16(25-29-31(14)18-17(22)27-34-28-18)20(33)26-24-15-12-8-11(21)5-6-13(12)23-19(15)32/h5-6,8,10,23,32H,2-4,7,9H2,1H3,(H2,22,27)/t10-/m1/s1. The van der Waals surface area contributed by atoms with Gasteiger partial charge in [-0.25, -0.2) is 4.63 Å². The third-order valence-electron chi connectivity index (χ3n) is 5.91. The maximum atomic E-state index is 13.1. The predicted molar refractivity (Wildman–Crippen MR) is 124 cm³/mol. The number of halogens is 1. The maximum absolute atomic E-state index is 13.1. The number of nitrogens with zero attached hydrogens (tertiary/aromatic N) is 8. The second kappa shape index (κ2) is 8.95. The Labute approximate surface area is 201 Å². The van der Waals surface area contributed by atoms with Crippen LogP contribution in [-0.4, -0.2) is 58.8 Å². The molecule has 0 radical (unpaired) electrons. The summed E-state index contributed by atoms with van der Waals surface area (Å²) < 4.78 is 6.84. The zero-order chi connectivity index (χ0) is 23.8. The third-order valence-corrected chi connectivity index (χ3v) is 6.40. The van der Waals surface area contributed by atoms with Gasteiger partial charge in [-0.15, -0.1) is 15.3 Å². The van der Waals surface area contributed by atoms with Gasteiger partial charge in [0.15, 0.2) is 11.4 Å². The number of nitrogens with one attached hydrogen (secondary N) is 1. The number of likely N-dealkylation sites (tertiary alicyclic amines) is 1. The van der Waals surface area contributed by atoms with Crippen molar-refractivity contribution >= 4 is 44.2 Å². The van der Waals surface area contributed by atoms with E-state index in [4.69, 9.17) is 10.4 Å². The Bertz CT molecular complexity index is 1390. The van der Waals surface area contributed by atoms with Gasteiger partial charge >= 0.3 is 5.91 Å². The highest BCUT2D eigenvalue weighted by atomic mass is 79.9. The predicted octanol–water partition coefficient (Wildman–Crippen LogP) is 3.48. The van der Waals surface area contributed by atoms with Gasteiger partial charge in [-0.2, -0.15) is 4.68 Å². The van der Waals surface area contributed by atoms with Gasteiger partial charge in [-0.05, 0) is 54.8 Å². The Balaban J connectivity index is 1.51. The van der Waals surface area contributed by atoms with Crippen LogP contribution in [0.2, 0.25) is 0 Å². The van der Waals surface area contributed by atoms with E-state index >= 15 is 0 Å². The van der Waals surface area contributed by atoms with E-state index in [0.29, 0.717) is 29.2 Å². The summed E-state index contributed by atoms with van der Waals surface area (Å²) in [5.74, 6) is -0.753. The van der Waals surface area contributed by atoms with Gasteiger partial charge in [-0.3, -0.25) is 9.69 Å². The molecule has 176 valence electrons. The highest BCUT2D eigenvalue weighted by Crippen LogP contribution is 2.37. The van der Waals surface area contributed by atoms with Crippen molar-refractivity contribution in [3.8, 4) is 11.7 Å². The SMILES string of the molecule is C[C@@H]1CCCCN1Cc1c(C(=O)N=Nc2c(O)[nH]c3ccc(Br)cc23)nnn1-c1nonc1N. The zero-order valence-corrected chi connectivity index (χ0v) is 19.7. The lowest BCUT2D eigenvalue weighted by Gasteiger charge is -2.33. The van der Waals surface area contributed by atoms with Gasteiger partial charge in [0.1, 0.15) is 0 Å². The monoisotopic (exact) mass is 528 g/mol. The molecule has 1 aliphatic rings. The molecule has 4 N–H and O–H groups in total. The molecule has 3 aromatic heterocycles. The Morgan fingerprint density at radius 1 is 1.38 bits per heavy atom. The lowest BCUT2D eigenvalue weighted by atomic mass is 10.0. The van der Waals surface area contributed by atoms with Gasteiger partial charge in [-0.1, -0.05) is 27.6 Å². The first-order valence-corrected chi connectivity index (χ1v) is 11.4. The van der Waals surface area contributed by atoms with Crippen molar-refractivity contribution in [3.05, 3.63) is 34.1 Å². The molecule has 1 saturated heterocycles. The molecular weight excluding hydrogens is 508 g/mol. The van der Waals surface area contributed by atoms with Gasteiger partial charge in [0.05, 0.1) is 11.2 Å². The molecule has 0 aliphatic carbocycles. The molecule has 13 nitrogen and oxygen atoms in total. The number of fused-ring (bicyclic) bond motifs is 1. The summed E-state index contributed by atoms with van der Waals surface area (Å²) in [5.41, 5.74) is 7.12. The van der Waals surface area contributed by atoms with Crippen molar-refractivity contribution in [2.45, 2.75) is 38.8 Å². The van der Waals surface area contributed by atoms with Gasteiger partial charge in [0.25, 0.3) is 0 Å². The van der Waals surface area contributed by atoms with Crippen LogP contribution in [0.1, 0.15) is 42.4 Å². The van der Waals surface area contributed by atoms with Crippen LogP contribution in [-0.2, 0) is 6.54 Å². The van der Waals surface area contributed by atoms with E-state index in [1.807, 2.05) is 6.07 Å². The number of hydrogen-bond acceptors (Lipinski definition) is 10. The highest BCUT2D eigenvalue weighted by Gasteiger charge is 2.28. The normalized spacial score (nSPS) is 17.2. The van der Waals surface area contributed by atoms with Crippen LogP contribution < -0.4 is 5.73 Å². The molecule has 34 heavy (non-hydrogen) atoms. The van der Waals surface area contributed by atoms with Crippen molar-refractivity contribution < 1.29 is 14.5 Å². The average Bonchev–Trinajstić information content (AvgIpc) is 3.50. The number of H-pyrrole nitrogens is 1. The molecule has 5 rings (SSSR count). The first-order chi connectivity index (χ1) is 16.4. The van der Waals surface area contributed by atoms with Crippen molar-refractivity contribution in [2.24, 2.45) is 10.2 Å². The summed E-state index contributed by atoms with van der Waals surface area (Å²) in [5, 5.41) is 34.2. The highest BCUT2D eigenvalue weighted by molar-refractivity contribution is 9.10. The number of aromatic amines is 1. The first-order valence-electron chi connectivity index (χ1n) is 10.7. The number of aromatic hydroxyl groups is 1. The average molecular weight is 529 g/mol. The third kappa shape index (κ3) is 4.05. The van der Waals surface area contributed by atoms with E-state index in [0.717, 1.165) is 30.3 Å². The number of aromatic nitrogens is 6. The lowest BCUT2D eigenvalue weighted by Crippen LogP contribution is -2.37. The number of piperidine rings is 1. The molecule has 1 amide bonds. The molecule has 0 bridgehead atoms.